The summed E-state index contributed by atoms with van der Waals surface area (Å²) in [6, 6.07) is 12.4. The summed E-state index contributed by atoms with van der Waals surface area (Å²) in [5.74, 6) is 0.357. The first kappa shape index (κ1) is 19.6. The number of benzene rings is 2. The Morgan fingerprint density at radius 1 is 1.10 bits per heavy atom. The van der Waals surface area contributed by atoms with E-state index in [0.29, 0.717) is 29.4 Å². The quantitative estimate of drug-likeness (QED) is 0.572. The minimum Gasteiger partial charge on any atom is -0.399 e. The maximum Gasteiger partial charge on any atom is 0.252 e. The Hall–Kier alpha value is -3.68. The molecule has 0 bridgehead atoms. The first-order chi connectivity index (χ1) is 14.5. The van der Waals surface area contributed by atoms with Crippen LogP contribution >= 0.6 is 0 Å². The first-order valence-corrected chi connectivity index (χ1v) is 9.91. The van der Waals surface area contributed by atoms with Crippen LogP contribution in [0.5, 0.6) is 0 Å². The van der Waals surface area contributed by atoms with Crippen LogP contribution < -0.4 is 21.7 Å². The molecule has 154 valence electrons. The van der Waals surface area contributed by atoms with Gasteiger partial charge in [0.1, 0.15) is 0 Å². The van der Waals surface area contributed by atoms with Gasteiger partial charge in [-0.1, -0.05) is 12.1 Å². The fourth-order valence-electron chi connectivity index (χ4n) is 3.11. The number of nitrogen functional groups attached to an aromatic ring is 1. The Balaban J connectivity index is 1.36. The van der Waals surface area contributed by atoms with E-state index in [1.54, 1.807) is 24.4 Å². The van der Waals surface area contributed by atoms with Crippen LogP contribution in [-0.4, -0.2) is 36.6 Å². The summed E-state index contributed by atoms with van der Waals surface area (Å²) in [6.45, 7) is 2.24. The number of hydrogen-bond acceptors (Lipinski definition) is 6. The number of aliphatic imine (C=N–C) groups is 2. The molecule has 1 aliphatic heterocycles. The molecule has 8 nitrogen and oxygen atoms in total. The fourth-order valence-corrected chi connectivity index (χ4v) is 3.11. The molecule has 2 aromatic carbocycles. The van der Waals surface area contributed by atoms with Crippen molar-refractivity contribution in [3.8, 4) is 0 Å². The van der Waals surface area contributed by atoms with Crippen molar-refractivity contribution in [1.29, 1.82) is 0 Å². The number of hydrogen-bond donors (Lipinski definition) is 4. The molecule has 1 unspecified atom stereocenters. The summed E-state index contributed by atoms with van der Waals surface area (Å²) in [4.78, 5) is 33.4. The van der Waals surface area contributed by atoms with Gasteiger partial charge in [-0.2, -0.15) is 0 Å². The van der Waals surface area contributed by atoms with Crippen LogP contribution in [0.3, 0.4) is 0 Å². The predicted molar refractivity (Wildman–Crippen MR) is 119 cm³/mol. The minimum atomic E-state index is -0.312. The molecule has 0 radical (unpaired) electrons. The number of rotatable bonds is 5. The van der Waals surface area contributed by atoms with Crippen LogP contribution in [0.25, 0.3) is 0 Å². The molecule has 1 heterocycles. The lowest BCUT2D eigenvalue weighted by molar-refractivity contribution is -0.117. The summed E-state index contributed by atoms with van der Waals surface area (Å²) >= 11 is 0. The van der Waals surface area contributed by atoms with Gasteiger partial charge in [-0.25, -0.2) is 9.98 Å². The van der Waals surface area contributed by atoms with Gasteiger partial charge in [-0.3, -0.25) is 9.59 Å². The van der Waals surface area contributed by atoms with Crippen LogP contribution in [0.15, 0.2) is 52.4 Å². The Bertz CT molecular complexity index is 1040. The van der Waals surface area contributed by atoms with Crippen molar-refractivity contribution in [3.63, 3.8) is 0 Å². The van der Waals surface area contributed by atoms with Gasteiger partial charge in [0.15, 0.2) is 0 Å². The molecule has 8 heteroatoms. The van der Waals surface area contributed by atoms with E-state index in [9.17, 15) is 9.59 Å². The highest BCUT2D eigenvalue weighted by Crippen LogP contribution is 2.30. The number of guanidine groups is 1. The highest BCUT2D eigenvalue weighted by atomic mass is 16.2. The fraction of sp³-hybridized carbons (Fsp3) is 0.273. The van der Waals surface area contributed by atoms with Crippen molar-refractivity contribution >= 4 is 41.1 Å². The van der Waals surface area contributed by atoms with E-state index in [-0.39, 0.29) is 23.8 Å². The van der Waals surface area contributed by atoms with E-state index >= 15 is 0 Å². The third kappa shape index (κ3) is 4.83. The number of anilines is 3. The van der Waals surface area contributed by atoms with Crippen LogP contribution in [0, 0.1) is 12.8 Å². The molecule has 0 saturated heterocycles. The summed E-state index contributed by atoms with van der Waals surface area (Å²) < 4.78 is 0. The van der Waals surface area contributed by atoms with Crippen molar-refractivity contribution < 1.29 is 9.59 Å². The van der Waals surface area contributed by atoms with E-state index in [2.05, 4.69) is 25.9 Å². The lowest BCUT2D eigenvalue weighted by atomic mass is 10.1. The Morgan fingerprint density at radius 3 is 2.63 bits per heavy atom. The molecule has 30 heavy (non-hydrogen) atoms. The summed E-state index contributed by atoms with van der Waals surface area (Å²) in [7, 11) is 0. The predicted octanol–water partition coefficient (Wildman–Crippen LogP) is 2.58. The van der Waals surface area contributed by atoms with E-state index in [1.807, 2.05) is 31.2 Å². The molecular weight excluding hydrogens is 380 g/mol. The first-order valence-electron chi connectivity index (χ1n) is 9.91. The highest BCUT2D eigenvalue weighted by molar-refractivity contribution is 6.03. The number of carbonyl (C=O) groups is 2. The Labute approximate surface area is 174 Å². The van der Waals surface area contributed by atoms with Gasteiger partial charge in [-0.05, 0) is 55.7 Å². The molecular formula is C22H24N6O2. The molecule has 2 aromatic rings. The number of nitrogens with zero attached hydrogens (tertiary/aromatic N) is 2. The van der Waals surface area contributed by atoms with Crippen molar-refractivity contribution in [2.24, 2.45) is 15.9 Å². The summed E-state index contributed by atoms with van der Waals surface area (Å²) in [6.07, 6.45) is 3.52. The van der Waals surface area contributed by atoms with Crippen molar-refractivity contribution in [2.75, 3.05) is 22.9 Å². The zero-order valence-corrected chi connectivity index (χ0v) is 16.7. The van der Waals surface area contributed by atoms with Gasteiger partial charge in [0, 0.05) is 34.8 Å². The Morgan fingerprint density at radius 2 is 1.93 bits per heavy atom. The van der Waals surface area contributed by atoms with Crippen molar-refractivity contribution in [3.05, 3.63) is 53.6 Å². The number of aryl methyl sites for hydroxylation is 1. The maximum atomic E-state index is 12.8. The van der Waals surface area contributed by atoms with Crippen molar-refractivity contribution in [1.82, 2.24) is 5.32 Å². The second-order valence-electron chi connectivity index (χ2n) is 7.57. The smallest absolute Gasteiger partial charge is 0.252 e. The molecule has 1 aliphatic carbocycles. The van der Waals surface area contributed by atoms with Crippen LogP contribution in [-0.2, 0) is 4.79 Å². The van der Waals surface area contributed by atoms with Crippen LogP contribution in [0.4, 0.5) is 17.1 Å². The lowest BCUT2D eigenvalue weighted by Gasteiger charge is -2.18. The molecule has 0 spiro atoms. The molecule has 1 saturated carbocycles. The summed E-state index contributed by atoms with van der Waals surface area (Å²) in [5, 5.41) is 8.90. The zero-order chi connectivity index (χ0) is 21.1. The van der Waals surface area contributed by atoms with Gasteiger partial charge < -0.3 is 21.7 Å². The molecule has 0 aromatic heterocycles. The van der Waals surface area contributed by atoms with E-state index in [1.165, 1.54) is 0 Å². The second-order valence-corrected chi connectivity index (χ2v) is 7.57. The molecule has 4 rings (SSSR count). The van der Waals surface area contributed by atoms with Gasteiger partial charge in [-0.15, -0.1) is 0 Å². The van der Waals surface area contributed by atoms with Crippen LogP contribution in [0.1, 0.15) is 28.8 Å². The lowest BCUT2D eigenvalue weighted by Crippen LogP contribution is -2.40. The van der Waals surface area contributed by atoms with Crippen LogP contribution in [0.2, 0.25) is 0 Å². The average molecular weight is 404 g/mol. The third-order valence-electron chi connectivity index (χ3n) is 4.97. The number of carbonyl (C=O) groups excluding carboxylic acids is 2. The minimum absolute atomic E-state index is 0.0131. The van der Waals surface area contributed by atoms with Gasteiger partial charge >= 0.3 is 0 Å². The van der Waals surface area contributed by atoms with E-state index in [0.717, 1.165) is 24.1 Å². The topological polar surface area (TPSA) is 121 Å². The number of nitrogens with two attached hydrogens (primary N) is 1. The summed E-state index contributed by atoms with van der Waals surface area (Å²) in [5.41, 5.74) is 9.20. The van der Waals surface area contributed by atoms with Gasteiger partial charge in [0.2, 0.25) is 11.9 Å². The highest BCUT2D eigenvalue weighted by Gasteiger charge is 2.29. The normalized spacial score (nSPS) is 17.8. The van der Waals surface area contributed by atoms with E-state index in [4.69, 9.17) is 5.73 Å². The Kier molecular flexibility index (Phi) is 5.47. The molecule has 5 N–H and O–H groups in total. The standard InChI is InChI=1S/C22H24N6O2/c1-13-5-8-17(26-20(29)14-6-7-14)10-19(13)21(30)27-18-11-24-22(25-12-18)28-16-4-2-3-15(23)9-16/h2-5,8-11,14,18H,6-7,12,23H2,1H3,(H,25,28)(H,26,29)(H,27,30). The van der Waals surface area contributed by atoms with Crippen molar-refractivity contribution in [2.45, 2.75) is 25.8 Å². The average Bonchev–Trinajstić information content (AvgIpc) is 3.56. The largest absolute Gasteiger partial charge is 0.399 e. The molecule has 2 aliphatic rings. The van der Waals surface area contributed by atoms with Gasteiger partial charge in [0.25, 0.3) is 5.91 Å². The molecule has 2 amide bonds. The van der Waals surface area contributed by atoms with Gasteiger partial charge in [0.05, 0.1) is 12.6 Å². The zero-order valence-electron chi connectivity index (χ0n) is 16.7. The second kappa shape index (κ2) is 8.36. The SMILES string of the molecule is Cc1ccc(NC(=O)C2CC2)cc1C(=O)NC1C=NC(Nc2cccc(N)c2)=NC1. The number of amides is 2. The molecule has 1 fully saturated rings. The van der Waals surface area contributed by atoms with E-state index < -0.39 is 0 Å². The molecule has 1 atom stereocenters. The monoisotopic (exact) mass is 404 g/mol. The maximum absolute atomic E-state index is 12.8. The number of nitrogens with one attached hydrogen (secondary N) is 3. The third-order valence-corrected chi connectivity index (χ3v) is 4.97.